The van der Waals surface area contributed by atoms with Crippen LogP contribution in [0.1, 0.15) is 113 Å². The Balaban J connectivity index is 0.908. The van der Waals surface area contributed by atoms with Gasteiger partial charge in [0.1, 0.15) is 6.10 Å². The number of likely N-dealkylation sites (tertiary alicyclic amines) is 2. The Kier molecular flexibility index (Phi) is 9.00. The lowest BCUT2D eigenvalue weighted by Crippen LogP contribution is -2.60. The van der Waals surface area contributed by atoms with Crippen molar-refractivity contribution in [2.75, 3.05) is 59.0 Å². The number of rotatable bonds is 8. The molecule has 1 unspecified atom stereocenters. The van der Waals surface area contributed by atoms with Crippen LogP contribution in [0.2, 0.25) is 0 Å². The lowest BCUT2D eigenvalue weighted by molar-refractivity contribution is -0.249. The predicted octanol–water partition coefficient (Wildman–Crippen LogP) is 6.42. The van der Waals surface area contributed by atoms with Crippen LogP contribution in [0.4, 0.5) is 4.79 Å². The first-order valence-electron chi connectivity index (χ1n) is 21.8. The molecule has 1 N–H and O–H groups in total. The average Bonchev–Trinajstić information content (AvgIpc) is 3.68. The van der Waals surface area contributed by atoms with E-state index in [1.54, 1.807) is 4.90 Å². The highest BCUT2D eigenvalue weighted by Crippen LogP contribution is 2.89. The molecular weight excluding hydrogens is 654 g/mol. The van der Waals surface area contributed by atoms with Crippen LogP contribution in [0.5, 0.6) is 0 Å². The standard InChI is InChI=1S/C43H71N3O6/c1-27(2)35(52-38(48)46-18-9-19-46)29-24-28(3)34-36(50-29)37(47)41(7)31-11-10-30-39(4,5)32(12-13-42(30)26-43(31,42)15-14-40(34,41)6)51-33-25-45(22-23-49-33)21-20-44-16-8-17-44/h27-37,47H,8-26H2,1-7H3/t28-,29-,30+,31+,32?,33+,34+,35-,36+,37+,40-,41-,42-,43+/m1/s1. The highest BCUT2D eigenvalue weighted by Gasteiger charge is 2.84. The number of nitrogens with zero attached hydrogens (tertiary/aromatic N) is 3. The van der Waals surface area contributed by atoms with E-state index in [-0.39, 0.29) is 59.0 Å². The molecule has 0 radical (unpaired) electrons. The van der Waals surface area contributed by atoms with Gasteiger partial charge in [0, 0.05) is 44.7 Å². The fraction of sp³-hybridized carbons (Fsp3) is 0.977. The van der Waals surface area contributed by atoms with Gasteiger partial charge in [0.2, 0.25) is 0 Å². The molecule has 9 nitrogen and oxygen atoms in total. The minimum atomic E-state index is -0.511. The van der Waals surface area contributed by atoms with Crippen LogP contribution in [-0.2, 0) is 18.9 Å². The number of aliphatic hydroxyl groups is 1. The Morgan fingerprint density at radius 3 is 2.31 bits per heavy atom. The van der Waals surface area contributed by atoms with Crippen molar-refractivity contribution in [2.24, 2.45) is 56.7 Å². The van der Waals surface area contributed by atoms with E-state index in [1.165, 1.54) is 64.6 Å². The molecule has 9 aliphatic rings. The van der Waals surface area contributed by atoms with Gasteiger partial charge in [-0.2, -0.15) is 0 Å². The van der Waals surface area contributed by atoms with E-state index in [0.29, 0.717) is 34.5 Å². The van der Waals surface area contributed by atoms with Gasteiger partial charge in [-0.05, 0) is 129 Å². The molecule has 0 aromatic rings. The minimum Gasteiger partial charge on any atom is -0.443 e. The molecule has 9 heteroatoms. The third kappa shape index (κ3) is 5.16. The van der Waals surface area contributed by atoms with Gasteiger partial charge in [-0.1, -0.05) is 48.5 Å². The fourth-order valence-electron chi connectivity index (χ4n) is 15.1. The third-order valence-corrected chi connectivity index (χ3v) is 18.3. The molecule has 9 fully saturated rings. The maximum atomic E-state index is 13.0. The summed E-state index contributed by atoms with van der Waals surface area (Å²) in [5, 5.41) is 12.7. The molecule has 4 heterocycles. The van der Waals surface area contributed by atoms with Gasteiger partial charge >= 0.3 is 6.09 Å². The molecule has 9 rings (SSSR count). The van der Waals surface area contributed by atoms with Crippen LogP contribution < -0.4 is 0 Å². The van der Waals surface area contributed by atoms with Crippen molar-refractivity contribution in [1.82, 2.24) is 14.7 Å². The van der Waals surface area contributed by atoms with Crippen molar-refractivity contribution in [3.8, 4) is 0 Å². The molecular formula is C43H71N3O6. The molecule has 14 atom stereocenters. The van der Waals surface area contributed by atoms with Gasteiger partial charge in [-0.15, -0.1) is 0 Å². The normalized spacial score (nSPS) is 50.1. The van der Waals surface area contributed by atoms with E-state index >= 15 is 0 Å². The van der Waals surface area contributed by atoms with Gasteiger partial charge in [0.05, 0.1) is 31.0 Å². The monoisotopic (exact) mass is 726 g/mol. The molecule has 0 aromatic heterocycles. The molecule has 294 valence electrons. The summed E-state index contributed by atoms with van der Waals surface area (Å²) in [7, 11) is 0. The molecule has 0 aromatic carbocycles. The maximum Gasteiger partial charge on any atom is 0.410 e. The SMILES string of the molecule is CC(C)[C@@H](OC(=O)N1CCC1)[C@H]1C[C@@H](C)[C@H]2[C@H](O1)[C@H](O)[C@@]1(C)[C@@H]3CC[C@H]4C(C)(C)C(O[C@H]5CN(CCN6CCC6)CCO5)CC[C@@]45C[C@@]35CC[C@]21C. The smallest absolute Gasteiger partial charge is 0.410 e. The van der Waals surface area contributed by atoms with Crippen molar-refractivity contribution in [3.63, 3.8) is 0 Å². The summed E-state index contributed by atoms with van der Waals surface area (Å²) in [5.41, 5.74) is 0.574. The van der Waals surface area contributed by atoms with E-state index < -0.39 is 6.10 Å². The number of ether oxygens (including phenoxy) is 4. The summed E-state index contributed by atoms with van der Waals surface area (Å²) in [4.78, 5) is 19.9. The van der Waals surface area contributed by atoms with Gasteiger partial charge in [-0.25, -0.2) is 4.79 Å². The Bertz CT molecular complexity index is 1370. The molecule has 52 heavy (non-hydrogen) atoms. The summed E-state index contributed by atoms with van der Waals surface area (Å²) in [6.45, 7) is 25.8. The molecule has 5 aliphatic carbocycles. The van der Waals surface area contributed by atoms with Crippen LogP contribution in [0.25, 0.3) is 0 Å². The predicted molar refractivity (Wildman–Crippen MR) is 200 cm³/mol. The van der Waals surface area contributed by atoms with Crippen LogP contribution in [0.15, 0.2) is 0 Å². The van der Waals surface area contributed by atoms with Gasteiger partial charge in [0.25, 0.3) is 0 Å². The lowest BCUT2D eigenvalue weighted by atomic mass is 9.41. The number of amides is 1. The van der Waals surface area contributed by atoms with Crippen molar-refractivity contribution in [1.29, 1.82) is 0 Å². The molecule has 2 spiro atoms. The lowest BCUT2D eigenvalue weighted by Gasteiger charge is -2.64. The Labute approximate surface area is 314 Å². The first-order valence-corrected chi connectivity index (χ1v) is 21.8. The molecule has 1 amide bonds. The maximum absolute atomic E-state index is 13.0. The number of hydrogen-bond acceptors (Lipinski definition) is 8. The van der Waals surface area contributed by atoms with E-state index in [4.69, 9.17) is 18.9 Å². The van der Waals surface area contributed by atoms with E-state index in [2.05, 4.69) is 58.3 Å². The first-order chi connectivity index (χ1) is 24.7. The van der Waals surface area contributed by atoms with Crippen LogP contribution in [0, 0.1) is 56.7 Å². The number of aliphatic hydroxyl groups excluding tert-OH is 1. The van der Waals surface area contributed by atoms with Crippen molar-refractivity contribution >= 4 is 6.09 Å². The zero-order valence-corrected chi connectivity index (χ0v) is 33.6. The van der Waals surface area contributed by atoms with Gasteiger partial charge < -0.3 is 33.9 Å². The zero-order chi connectivity index (χ0) is 36.4. The van der Waals surface area contributed by atoms with E-state index in [9.17, 15) is 9.90 Å². The topological polar surface area (TPSA) is 83.9 Å². The summed E-state index contributed by atoms with van der Waals surface area (Å²) in [6.07, 6.45) is 10.5. The van der Waals surface area contributed by atoms with E-state index in [1.807, 2.05) is 0 Å². The minimum absolute atomic E-state index is 0.0192. The second kappa shape index (κ2) is 12.8. The van der Waals surface area contributed by atoms with Crippen LogP contribution in [-0.4, -0.2) is 122 Å². The largest absolute Gasteiger partial charge is 0.443 e. The Hall–Kier alpha value is -0.970. The summed E-state index contributed by atoms with van der Waals surface area (Å²) in [5.74, 6) is 2.01. The van der Waals surface area contributed by atoms with Crippen LogP contribution in [0.3, 0.4) is 0 Å². The number of morpholine rings is 1. The highest BCUT2D eigenvalue weighted by atomic mass is 16.7. The molecule has 4 aliphatic heterocycles. The number of carbonyl (C=O) groups excluding carboxylic acids is 1. The summed E-state index contributed by atoms with van der Waals surface area (Å²) >= 11 is 0. The number of fused-ring (bicyclic) bond motifs is 4. The molecule has 4 saturated heterocycles. The molecule has 0 bridgehead atoms. The third-order valence-electron chi connectivity index (χ3n) is 18.3. The number of carbonyl (C=O) groups is 1. The summed E-state index contributed by atoms with van der Waals surface area (Å²) in [6, 6.07) is 0. The Morgan fingerprint density at radius 2 is 1.62 bits per heavy atom. The van der Waals surface area contributed by atoms with E-state index in [0.717, 1.165) is 58.6 Å². The quantitative estimate of drug-likeness (QED) is 0.308. The summed E-state index contributed by atoms with van der Waals surface area (Å²) < 4.78 is 26.5. The van der Waals surface area contributed by atoms with Crippen LogP contribution >= 0.6 is 0 Å². The highest BCUT2D eigenvalue weighted by molar-refractivity contribution is 5.68. The Morgan fingerprint density at radius 1 is 0.904 bits per heavy atom. The van der Waals surface area contributed by atoms with Gasteiger partial charge in [0.15, 0.2) is 6.29 Å². The van der Waals surface area contributed by atoms with Crippen molar-refractivity contribution in [3.05, 3.63) is 0 Å². The molecule has 5 saturated carbocycles. The van der Waals surface area contributed by atoms with Crippen molar-refractivity contribution in [2.45, 2.75) is 149 Å². The fourth-order valence-corrected chi connectivity index (χ4v) is 15.1. The average molecular weight is 726 g/mol. The first kappa shape index (κ1) is 36.7. The second-order valence-corrected chi connectivity index (χ2v) is 20.9. The zero-order valence-electron chi connectivity index (χ0n) is 33.6. The van der Waals surface area contributed by atoms with Gasteiger partial charge in [-0.3, -0.25) is 4.90 Å². The number of hydrogen-bond donors (Lipinski definition) is 1. The second-order valence-electron chi connectivity index (χ2n) is 20.9. The van der Waals surface area contributed by atoms with Crippen molar-refractivity contribution < 1.29 is 28.8 Å².